The van der Waals surface area contributed by atoms with Crippen LogP contribution in [0.3, 0.4) is 0 Å². The third-order valence-corrected chi connectivity index (χ3v) is 6.43. The van der Waals surface area contributed by atoms with E-state index in [1.807, 2.05) is 6.92 Å². The Morgan fingerprint density at radius 1 is 1.21 bits per heavy atom. The van der Waals surface area contributed by atoms with Crippen molar-refractivity contribution in [1.29, 1.82) is 0 Å². The number of nitrogens with zero attached hydrogens (tertiary/aromatic N) is 2. The van der Waals surface area contributed by atoms with Gasteiger partial charge < -0.3 is 10.2 Å². The van der Waals surface area contributed by atoms with Gasteiger partial charge in [0.05, 0.1) is 12.2 Å². The Bertz CT molecular complexity index is 768. The molecule has 24 heavy (non-hydrogen) atoms. The summed E-state index contributed by atoms with van der Waals surface area (Å²) in [5.41, 5.74) is 2.12. The van der Waals surface area contributed by atoms with Gasteiger partial charge in [0.1, 0.15) is 0 Å². The number of carbonyl (C=O) groups excluding carboxylic acids is 2. The lowest BCUT2D eigenvalue weighted by Crippen LogP contribution is -2.51. The summed E-state index contributed by atoms with van der Waals surface area (Å²) >= 11 is 0. The number of hydrogen-bond donors (Lipinski definition) is 1. The van der Waals surface area contributed by atoms with E-state index in [0.717, 1.165) is 11.3 Å². The van der Waals surface area contributed by atoms with Crippen molar-refractivity contribution >= 4 is 27.5 Å². The van der Waals surface area contributed by atoms with Gasteiger partial charge in [-0.2, -0.15) is 4.31 Å². The number of sulfonamides is 1. The second-order valence-corrected chi connectivity index (χ2v) is 8.19. The minimum Gasteiger partial charge on any atom is -0.336 e. The van der Waals surface area contributed by atoms with Crippen molar-refractivity contribution in [2.45, 2.75) is 19.8 Å². The molecule has 0 saturated carbocycles. The largest absolute Gasteiger partial charge is 0.336 e. The Labute approximate surface area is 141 Å². The third-order valence-electron chi connectivity index (χ3n) is 4.36. The molecule has 0 aliphatic carbocycles. The van der Waals surface area contributed by atoms with Gasteiger partial charge in [-0.05, 0) is 30.2 Å². The topological polar surface area (TPSA) is 86.8 Å². The van der Waals surface area contributed by atoms with Gasteiger partial charge in [0.15, 0.2) is 0 Å². The minimum absolute atomic E-state index is 0.0654. The van der Waals surface area contributed by atoms with Gasteiger partial charge >= 0.3 is 0 Å². The Balaban J connectivity index is 1.66. The monoisotopic (exact) mass is 351 g/mol. The van der Waals surface area contributed by atoms with Crippen molar-refractivity contribution in [1.82, 2.24) is 9.21 Å². The third kappa shape index (κ3) is 3.29. The molecule has 1 fully saturated rings. The predicted molar refractivity (Wildman–Crippen MR) is 90.3 cm³/mol. The van der Waals surface area contributed by atoms with Gasteiger partial charge in [-0.25, -0.2) is 8.42 Å². The molecule has 0 radical (unpaired) electrons. The fourth-order valence-electron chi connectivity index (χ4n) is 3.10. The van der Waals surface area contributed by atoms with Crippen LogP contribution in [0.25, 0.3) is 0 Å². The number of hydrogen-bond acceptors (Lipinski definition) is 4. The number of fused-ring (bicyclic) bond motifs is 1. The van der Waals surface area contributed by atoms with Gasteiger partial charge in [0, 0.05) is 37.4 Å². The van der Waals surface area contributed by atoms with E-state index >= 15 is 0 Å². The number of benzene rings is 1. The van der Waals surface area contributed by atoms with Crippen LogP contribution in [-0.2, 0) is 21.2 Å². The quantitative estimate of drug-likeness (QED) is 0.864. The highest BCUT2D eigenvalue weighted by atomic mass is 32.2. The van der Waals surface area contributed by atoms with E-state index in [0.29, 0.717) is 44.6 Å². The van der Waals surface area contributed by atoms with Crippen molar-refractivity contribution in [3.8, 4) is 0 Å². The maximum atomic E-state index is 12.6. The smallest absolute Gasteiger partial charge is 0.253 e. The SMILES string of the molecule is CCCS(=O)(=O)N1CCN(C(=O)c2ccc3c(c2)CC(=O)N3)CC1. The molecule has 1 N–H and O–H groups in total. The fourth-order valence-corrected chi connectivity index (χ4v) is 4.60. The first-order chi connectivity index (χ1) is 11.4. The molecule has 1 saturated heterocycles. The lowest BCUT2D eigenvalue weighted by atomic mass is 10.1. The molecule has 130 valence electrons. The zero-order valence-electron chi connectivity index (χ0n) is 13.6. The van der Waals surface area contributed by atoms with Crippen molar-refractivity contribution in [2.75, 3.05) is 37.2 Å². The zero-order chi connectivity index (χ0) is 17.3. The van der Waals surface area contributed by atoms with Gasteiger partial charge in [0.25, 0.3) is 5.91 Å². The van der Waals surface area contributed by atoms with E-state index in [9.17, 15) is 18.0 Å². The van der Waals surface area contributed by atoms with E-state index in [2.05, 4.69) is 5.32 Å². The van der Waals surface area contributed by atoms with Crippen LogP contribution < -0.4 is 5.32 Å². The number of anilines is 1. The summed E-state index contributed by atoms with van der Waals surface area (Å²) in [5.74, 6) is -0.0404. The number of piperazine rings is 1. The summed E-state index contributed by atoms with van der Waals surface area (Å²) in [6.45, 7) is 3.27. The fraction of sp³-hybridized carbons (Fsp3) is 0.500. The van der Waals surface area contributed by atoms with Gasteiger partial charge in [-0.1, -0.05) is 6.92 Å². The van der Waals surface area contributed by atoms with Crippen molar-refractivity contribution < 1.29 is 18.0 Å². The Hall–Kier alpha value is -1.93. The highest BCUT2D eigenvalue weighted by Crippen LogP contribution is 2.24. The minimum atomic E-state index is -3.21. The Morgan fingerprint density at radius 3 is 2.58 bits per heavy atom. The maximum absolute atomic E-state index is 12.6. The first-order valence-electron chi connectivity index (χ1n) is 8.10. The highest BCUT2D eigenvalue weighted by Gasteiger charge is 2.29. The lowest BCUT2D eigenvalue weighted by Gasteiger charge is -2.34. The summed E-state index contributed by atoms with van der Waals surface area (Å²) in [6, 6.07) is 5.19. The summed E-state index contributed by atoms with van der Waals surface area (Å²) in [7, 11) is -3.21. The standard InChI is InChI=1S/C16H21N3O4S/c1-2-9-24(22,23)19-7-5-18(6-8-19)16(21)12-3-4-14-13(10-12)11-15(20)17-14/h3-4,10H,2,5-9,11H2,1H3,(H,17,20). The molecule has 0 bridgehead atoms. The average Bonchev–Trinajstić information content (AvgIpc) is 2.93. The van der Waals surface area contributed by atoms with Crippen LogP contribution >= 0.6 is 0 Å². The number of carbonyl (C=O) groups is 2. The molecule has 0 aromatic heterocycles. The zero-order valence-corrected chi connectivity index (χ0v) is 14.4. The molecule has 3 rings (SSSR count). The number of nitrogens with one attached hydrogen (secondary N) is 1. The van der Waals surface area contributed by atoms with Crippen molar-refractivity contribution in [3.63, 3.8) is 0 Å². The molecule has 0 unspecified atom stereocenters. The molecule has 1 aromatic rings. The van der Waals surface area contributed by atoms with Crippen molar-refractivity contribution in [2.24, 2.45) is 0 Å². The van der Waals surface area contributed by atoms with Gasteiger partial charge in [-0.15, -0.1) is 0 Å². The molecule has 7 nitrogen and oxygen atoms in total. The van der Waals surface area contributed by atoms with Crippen LogP contribution in [0.15, 0.2) is 18.2 Å². The molecule has 2 aliphatic rings. The van der Waals surface area contributed by atoms with E-state index in [1.165, 1.54) is 4.31 Å². The summed E-state index contributed by atoms with van der Waals surface area (Å²) in [5, 5.41) is 2.74. The molecule has 2 amide bonds. The summed E-state index contributed by atoms with van der Waals surface area (Å²) < 4.78 is 25.6. The molecule has 0 spiro atoms. The predicted octanol–water partition coefficient (Wildman–Crippen LogP) is 0.679. The number of amides is 2. The summed E-state index contributed by atoms with van der Waals surface area (Å²) in [6.07, 6.45) is 0.878. The van der Waals surface area contributed by atoms with E-state index in [4.69, 9.17) is 0 Å². The van der Waals surface area contributed by atoms with Crippen LogP contribution in [0.5, 0.6) is 0 Å². The Kier molecular flexibility index (Phi) is 4.60. The molecule has 2 aliphatic heterocycles. The molecule has 1 aromatic carbocycles. The van der Waals surface area contributed by atoms with E-state index in [-0.39, 0.29) is 17.6 Å². The molecule has 2 heterocycles. The summed E-state index contributed by atoms with van der Waals surface area (Å²) in [4.78, 5) is 25.7. The van der Waals surface area contributed by atoms with Crippen LogP contribution in [0.1, 0.15) is 29.3 Å². The van der Waals surface area contributed by atoms with Gasteiger partial charge in [-0.3, -0.25) is 9.59 Å². The molecule has 0 atom stereocenters. The van der Waals surface area contributed by atoms with E-state index in [1.54, 1.807) is 23.1 Å². The average molecular weight is 351 g/mol. The molecule has 8 heteroatoms. The van der Waals surface area contributed by atoms with Crippen LogP contribution in [-0.4, -0.2) is 61.4 Å². The second kappa shape index (κ2) is 6.52. The van der Waals surface area contributed by atoms with E-state index < -0.39 is 10.0 Å². The Morgan fingerprint density at radius 2 is 1.92 bits per heavy atom. The normalized spacial score (nSPS) is 18.4. The van der Waals surface area contributed by atoms with Crippen LogP contribution in [0.2, 0.25) is 0 Å². The van der Waals surface area contributed by atoms with Crippen LogP contribution in [0.4, 0.5) is 5.69 Å². The number of rotatable bonds is 4. The van der Waals surface area contributed by atoms with Crippen molar-refractivity contribution in [3.05, 3.63) is 29.3 Å². The first-order valence-corrected chi connectivity index (χ1v) is 9.71. The highest BCUT2D eigenvalue weighted by molar-refractivity contribution is 7.89. The second-order valence-electron chi connectivity index (χ2n) is 6.10. The maximum Gasteiger partial charge on any atom is 0.253 e. The molecular formula is C16H21N3O4S. The molecular weight excluding hydrogens is 330 g/mol. The van der Waals surface area contributed by atoms with Gasteiger partial charge in [0.2, 0.25) is 15.9 Å². The first kappa shape index (κ1) is 16.9. The lowest BCUT2D eigenvalue weighted by molar-refractivity contribution is -0.115. The van der Waals surface area contributed by atoms with Crippen LogP contribution in [0, 0.1) is 0 Å².